The van der Waals surface area contributed by atoms with Crippen molar-refractivity contribution >= 4 is 94.3 Å². The highest BCUT2D eigenvalue weighted by atomic mass is 127. The molecule has 0 spiro atoms. The fraction of sp³-hybridized carbons (Fsp3) is 0.0417. The molecule has 1 aliphatic heterocycles. The lowest BCUT2D eigenvalue weighted by Crippen LogP contribution is -2.09. The van der Waals surface area contributed by atoms with Gasteiger partial charge in [0.2, 0.25) is 5.90 Å². The minimum Gasteiger partial charge on any atom is -0.421 e. The van der Waals surface area contributed by atoms with Crippen molar-refractivity contribution < 1.29 is 19.1 Å². The van der Waals surface area contributed by atoms with E-state index in [4.69, 9.17) is 9.47 Å². The van der Waals surface area contributed by atoms with Crippen LogP contribution < -0.4 is 4.74 Å². The topological polar surface area (TPSA) is 65.0 Å². The first-order valence-corrected chi connectivity index (χ1v) is 12.9. The molecule has 0 aliphatic carbocycles. The number of hydrogen-bond acceptors (Lipinski definition) is 5. The van der Waals surface area contributed by atoms with Crippen LogP contribution in [0.25, 0.3) is 6.08 Å². The van der Waals surface area contributed by atoms with Crippen LogP contribution >= 0.6 is 70.4 Å². The van der Waals surface area contributed by atoms with E-state index in [-0.39, 0.29) is 11.6 Å². The number of benzene rings is 3. The molecule has 9 heteroatoms. The maximum Gasteiger partial charge on any atom is 0.363 e. The van der Waals surface area contributed by atoms with Crippen molar-refractivity contribution in [3.63, 3.8) is 0 Å². The van der Waals surface area contributed by atoms with Crippen LogP contribution in [0.3, 0.4) is 0 Å². The SMILES string of the molecule is Cc1cccc(C(=O)Oc2c(Br)cc(/C=C3\N=C(c4ccc(I)c(Br)c4)OC3=O)cc2Br)c1. The van der Waals surface area contributed by atoms with E-state index in [1.165, 1.54) is 0 Å². The third-order valence-electron chi connectivity index (χ3n) is 4.56. The Hall–Kier alpha value is -1.82. The smallest absolute Gasteiger partial charge is 0.363 e. The maximum absolute atomic E-state index is 12.5. The number of hydrogen-bond donors (Lipinski definition) is 0. The number of nitrogens with zero attached hydrogens (tertiary/aromatic N) is 1. The lowest BCUT2D eigenvalue weighted by atomic mass is 10.1. The number of esters is 2. The van der Waals surface area contributed by atoms with E-state index in [0.717, 1.165) is 13.6 Å². The monoisotopic (exact) mass is 743 g/mol. The van der Waals surface area contributed by atoms with Crippen molar-refractivity contribution in [3.05, 3.63) is 99.5 Å². The molecule has 0 atom stereocenters. The summed E-state index contributed by atoms with van der Waals surface area (Å²) in [6, 6.07) is 16.2. The number of rotatable bonds is 4. The van der Waals surface area contributed by atoms with Crippen molar-refractivity contribution in [2.24, 2.45) is 4.99 Å². The van der Waals surface area contributed by atoms with Gasteiger partial charge in [0.25, 0.3) is 0 Å². The highest BCUT2D eigenvalue weighted by molar-refractivity contribution is 14.1. The van der Waals surface area contributed by atoms with Gasteiger partial charge in [-0.1, -0.05) is 17.7 Å². The van der Waals surface area contributed by atoms with E-state index >= 15 is 0 Å². The normalized spacial score (nSPS) is 14.3. The van der Waals surface area contributed by atoms with Gasteiger partial charge in [-0.05, 0) is 131 Å². The highest BCUT2D eigenvalue weighted by Crippen LogP contribution is 2.36. The van der Waals surface area contributed by atoms with Crippen molar-refractivity contribution in [3.8, 4) is 5.75 Å². The molecule has 0 saturated heterocycles. The largest absolute Gasteiger partial charge is 0.421 e. The number of cyclic esters (lactones) is 1. The van der Waals surface area contributed by atoms with Gasteiger partial charge in [0.15, 0.2) is 11.4 Å². The van der Waals surface area contributed by atoms with Gasteiger partial charge in [-0.2, -0.15) is 0 Å². The van der Waals surface area contributed by atoms with Gasteiger partial charge in [0, 0.05) is 13.6 Å². The number of halogens is 4. The molecule has 1 aliphatic rings. The van der Waals surface area contributed by atoms with Gasteiger partial charge in [-0.15, -0.1) is 0 Å². The minimum absolute atomic E-state index is 0.169. The number of carbonyl (C=O) groups excluding carboxylic acids is 2. The highest BCUT2D eigenvalue weighted by Gasteiger charge is 2.25. The Kier molecular flexibility index (Phi) is 7.52. The summed E-state index contributed by atoms with van der Waals surface area (Å²) in [7, 11) is 0. The third-order valence-corrected chi connectivity index (χ3v) is 8.08. The summed E-state index contributed by atoms with van der Waals surface area (Å²) in [6.07, 6.45) is 1.61. The summed E-state index contributed by atoms with van der Waals surface area (Å²) in [6.45, 7) is 1.91. The Labute approximate surface area is 228 Å². The van der Waals surface area contributed by atoms with Crippen LogP contribution in [0.5, 0.6) is 5.75 Å². The van der Waals surface area contributed by atoms with Crippen LogP contribution in [0.1, 0.15) is 27.0 Å². The molecule has 0 amide bonds. The van der Waals surface area contributed by atoms with Gasteiger partial charge in [-0.25, -0.2) is 14.6 Å². The summed E-state index contributed by atoms with van der Waals surface area (Å²) >= 11 is 12.6. The summed E-state index contributed by atoms with van der Waals surface area (Å²) in [5.74, 6) is -0.430. The lowest BCUT2D eigenvalue weighted by molar-refractivity contribution is -0.129. The van der Waals surface area contributed by atoms with Crippen LogP contribution in [0, 0.1) is 10.5 Å². The van der Waals surface area contributed by atoms with E-state index in [1.54, 1.807) is 36.4 Å². The molecular weight excluding hydrogens is 733 g/mol. The van der Waals surface area contributed by atoms with E-state index in [9.17, 15) is 9.59 Å². The van der Waals surface area contributed by atoms with Crippen LogP contribution in [0.15, 0.2) is 78.7 Å². The molecule has 166 valence electrons. The second-order valence-electron chi connectivity index (χ2n) is 7.04. The zero-order chi connectivity index (χ0) is 23.7. The Morgan fingerprint density at radius 3 is 2.42 bits per heavy atom. The van der Waals surface area contributed by atoms with Crippen molar-refractivity contribution in [2.75, 3.05) is 0 Å². The van der Waals surface area contributed by atoms with Gasteiger partial charge in [0.1, 0.15) is 0 Å². The number of ether oxygens (including phenoxy) is 2. The molecule has 3 aromatic rings. The molecule has 0 saturated carbocycles. The maximum atomic E-state index is 12.5. The quantitative estimate of drug-likeness (QED) is 0.121. The fourth-order valence-corrected chi connectivity index (χ4v) is 5.10. The van der Waals surface area contributed by atoms with Crippen molar-refractivity contribution in [2.45, 2.75) is 6.92 Å². The van der Waals surface area contributed by atoms with Crippen LogP contribution in [-0.2, 0) is 9.53 Å². The average molecular weight is 746 g/mol. The fourth-order valence-electron chi connectivity index (χ4n) is 3.00. The third kappa shape index (κ3) is 5.64. The van der Waals surface area contributed by atoms with E-state index in [0.29, 0.717) is 31.4 Å². The zero-order valence-electron chi connectivity index (χ0n) is 16.9. The predicted octanol–water partition coefficient (Wildman–Crippen LogP) is 7.45. The Morgan fingerprint density at radius 2 is 1.76 bits per heavy atom. The van der Waals surface area contributed by atoms with Crippen molar-refractivity contribution in [1.82, 2.24) is 0 Å². The molecule has 0 N–H and O–H groups in total. The van der Waals surface area contributed by atoms with Crippen molar-refractivity contribution in [1.29, 1.82) is 0 Å². The molecule has 0 aromatic heterocycles. The molecular formula is C24H13Br3INO4. The molecule has 0 radical (unpaired) electrons. The zero-order valence-corrected chi connectivity index (χ0v) is 23.8. The second kappa shape index (κ2) is 10.2. The summed E-state index contributed by atoms with van der Waals surface area (Å²) < 4.78 is 13.9. The summed E-state index contributed by atoms with van der Waals surface area (Å²) in [5, 5.41) is 0. The Bertz CT molecular complexity index is 1340. The molecule has 33 heavy (non-hydrogen) atoms. The second-order valence-corrected chi connectivity index (χ2v) is 10.8. The first-order chi connectivity index (χ1) is 15.7. The Balaban J connectivity index is 1.60. The van der Waals surface area contributed by atoms with Crippen LogP contribution in [0.2, 0.25) is 0 Å². The number of aliphatic imine (C=N–C) groups is 1. The minimum atomic E-state index is -0.540. The average Bonchev–Trinajstić information content (AvgIpc) is 3.12. The lowest BCUT2D eigenvalue weighted by Gasteiger charge is -2.10. The molecule has 5 nitrogen and oxygen atoms in total. The molecule has 0 fully saturated rings. The molecule has 1 heterocycles. The number of aryl methyl sites for hydroxylation is 1. The van der Waals surface area contributed by atoms with E-state index in [1.807, 2.05) is 31.2 Å². The summed E-state index contributed by atoms with van der Waals surface area (Å²) in [5.41, 5.74) is 2.95. The van der Waals surface area contributed by atoms with Gasteiger partial charge < -0.3 is 9.47 Å². The first-order valence-electron chi connectivity index (χ1n) is 9.47. The predicted molar refractivity (Wildman–Crippen MR) is 145 cm³/mol. The molecule has 3 aromatic carbocycles. The molecule has 0 bridgehead atoms. The number of carbonyl (C=O) groups is 2. The van der Waals surface area contributed by atoms with Gasteiger partial charge in [0.05, 0.1) is 14.5 Å². The van der Waals surface area contributed by atoms with Gasteiger partial charge in [-0.3, -0.25) is 0 Å². The van der Waals surface area contributed by atoms with Crippen LogP contribution in [-0.4, -0.2) is 17.8 Å². The van der Waals surface area contributed by atoms with E-state index < -0.39 is 11.9 Å². The summed E-state index contributed by atoms with van der Waals surface area (Å²) in [4.78, 5) is 29.3. The standard InChI is InChI=1S/C24H13Br3INO4/c1-12-3-2-4-15(7-12)23(30)32-21-17(26)8-13(9-18(21)27)10-20-24(31)33-22(29-20)14-5-6-19(28)16(25)11-14/h2-11H,1H3/b20-10-. The van der Waals surface area contributed by atoms with E-state index in [2.05, 4.69) is 75.4 Å². The first kappa shape index (κ1) is 24.3. The Morgan fingerprint density at radius 1 is 1.03 bits per heavy atom. The van der Waals surface area contributed by atoms with Crippen LogP contribution in [0.4, 0.5) is 0 Å². The molecule has 0 unspecified atom stereocenters. The van der Waals surface area contributed by atoms with Gasteiger partial charge >= 0.3 is 11.9 Å². The molecule has 4 rings (SSSR count).